The maximum absolute atomic E-state index is 13.6. The summed E-state index contributed by atoms with van der Waals surface area (Å²) in [5, 5.41) is 0. The van der Waals surface area contributed by atoms with Crippen LogP contribution >= 0.6 is 56.7 Å². The Labute approximate surface area is 763 Å². The van der Waals surface area contributed by atoms with E-state index in [1.54, 1.807) is 56.7 Å². The molecule has 13 aliphatic carbocycles. The highest BCUT2D eigenvalue weighted by atomic mass is 32.1. The van der Waals surface area contributed by atoms with Crippen LogP contribution in [0, 0.1) is 27.1 Å². The molecule has 5 aromatic carbocycles. The lowest BCUT2D eigenvalue weighted by atomic mass is 9.53. The van der Waals surface area contributed by atoms with E-state index in [2.05, 4.69) is 204 Å². The topological polar surface area (TPSA) is 159 Å². The normalized spacial score (nSPS) is 26.5. The number of benzene rings is 5. The number of aromatic nitrogens is 5. The Morgan fingerprint density at radius 2 is 0.492 bits per heavy atom. The molecule has 6 heterocycles. The van der Waals surface area contributed by atoms with Crippen molar-refractivity contribution in [2.24, 2.45) is 27.1 Å². The van der Waals surface area contributed by atoms with E-state index in [4.69, 9.17) is 19.7 Å². The summed E-state index contributed by atoms with van der Waals surface area (Å²) < 4.78 is 5.47. The van der Waals surface area contributed by atoms with Gasteiger partial charge in [-0.1, -0.05) is 247 Å². The summed E-state index contributed by atoms with van der Waals surface area (Å²) in [4.78, 5) is 97.3. The zero-order chi connectivity index (χ0) is 86.6. The minimum Gasteiger partial charge on any atom is -0.380 e. The van der Waals surface area contributed by atoms with Crippen molar-refractivity contribution in [3.63, 3.8) is 0 Å². The molecular weight excluding hydrogens is 1650 g/mol. The van der Waals surface area contributed by atoms with Crippen LogP contribution in [-0.2, 0) is 87.9 Å². The summed E-state index contributed by atoms with van der Waals surface area (Å²) in [7, 11) is 0. The van der Waals surface area contributed by atoms with Crippen LogP contribution in [-0.4, -0.2) is 67.0 Å². The summed E-state index contributed by atoms with van der Waals surface area (Å²) >= 11 is 8.63. The molecule has 4 spiro atoms. The van der Waals surface area contributed by atoms with Gasteiger partial charge in [0.05, 0.1) is 96.3 Å². The first kappa shape index (κ1) is 85.4. The van der Waals surface area contributed by atoms with Crippen LogP contribution in [0.4, 0.5) is 0 Å². The van der Waals surface area contributed by atoms with Crippen molar-refractivity contribution in [1.29, 1.82) is 0 Å². The molecule has 14 aliphatic rings. The lowest BCUT2D eigenvalue weighted by molar-refractivity contribution is -0.142. The van der Waals surface area contributed by atoms with Gasteiger partial charge in [-0.05, 0) is 165 Å². The Morgan fingerprint density at radius 3 is 0.714 bits per heavy atom. The average Bonchev–Trinajstić information content (AvgIpc) is 1.51. The molecule has 24 rings (SSSR count). The fourth-order valence-electron chi connectivity index (χ4n) is 27.0. The third-order valence-electron chi connectivity index (χ3n) is 33.3. The molecule has 0 radical (unpaired) electrons. The van der Waals surface area contributed by atoms with E-state index >= 15 is 0 Å². The van der Waals surface area contributed by atoms with Crippen molar-refractivity contribution in [3.05, 3.63) is 316 Å². The number of nitrogens with zero attached hydrogens (tertiary/aromatic N) is 5. The third-order valence-corrected chi connectivity index (χ3v) is 38.5. The SMILES string of the molecule is CCC1(CC)CC(=O)C2=C(Cc3ncsc3C2(CC)c2ccccc2)C1.CCC1(c2ccccc2)C2=C(Cc3ncsc31)CC1(CC1)CC2=O.CCC1(c2ccccc2)C2=C(Cc3ncsc31)CC1(CCC1)CC2=O.CCC1(c2ccccc2)C2=C(Cc3ncsc31)CC1(CCCC1)CC2=O.CCC1(c2ccccc2)C2=C(Cc3ncsc31)CC1(COC1)CC2=O. The lowest BCUT2D eigenvalue weighted by Crippen LogP contribution is -2.50. The van der Waals surface area contributed by atoms with E-state index in [-0.39, 0.29) is 48.7 Å². The zero-order valence-corrected chi connectivity index (χ0v) is 78.5. The molecule has 3 saturated carbocycles. The molecule has 5 aromatic heterocycles. The van der Waals surface area contributed by atoms with Gasteiger partial charge >= 0.3 is 0 Å². The fraction of sp³-hybridized carbons (Fsp3) is 0.455. The molecule has 16 heteroatoms. The number of allylic oxidation sites excluding steroid dienone is 10. The first-order valence-corrected chi connectivity index (χ1v) is 51.5. The molecule has 5 unspecified atom stereocenters. The minimum absolute atomic E-state index is 0.0552. The fourth-order valence-corrected chi connectivity index (χ4v) is 32.5. The van der Waals surface area contributed by atoms with Crippen molar-refractivity contribution in [2.45, 2.75) is 275 Å². The van der Waals surface area contributed by atoms with Crippen LogP contribution in [0.3, 0.4) is 0 Å². The van der Waals surface area contributed by atoms with Crippen molar-refractivity contribution < 1.29 is 28.7 Å². The van der Waals surface area contributed by atoms with Gasteiger partial charge < -0.3 is 4.74 Å². The number of fused-ring (bicyclic) bond motifs is 5. The molecular formula is C110H117N5O6S5. The number of ether oxygens (including phenoxy) is 1. The number of rotatable bonds is 12. The van der Waals surface area contributed by atoms with E-state index in [1.165, 1.54) is 166 Å². The largest absolute Gasteiger partial charge is 0.380 e. The zero-order valence-electron chi connectivity index (χ0n) is 74.4. The predicted octanol–water partition coefficient (Wildman–Crippen LogP) is 25.6. The quantitative estimate of drug-likeness (QED) is 0.115. The Balaban J connectivity index is 0.0000000993. The minimum atomic E-state index is -0.325. The predicted molar refractivity (Wildman–Crippen MR) is 508 cm³/mol. The number of carbonyl (C=O) groups excluding carboxylic acids is 5. The van der Waals surface area contributed by atoms with Gasteiger partial charge in [-0.25, -0.2) is 24.9 Å². The van der Waals surface area contributed by atoms with Crippen LogP contribution < -0.4 is 0 Å². The molecule has 1 aliphatic heterocycles. The highest BCUT2D eigenvalue weighted by Crippen LogP contribution is 2.66. The molecule has 4 fully saturated rings. The van der Waals surface area contributed by atoms with Crippen LogP contribution in [0.5, 0.6) is 0 Å². The van der Waals surface area contributed by atoms with Crippen molar-refractivity contribution >= 4 is 85.6 Å². The molecule has 0 bridgehead atoms. The molecule has 0 amide bonds. The van der Waals surface area contributed by atoms with Gasteiger partial charge in [0.15, 0.2) is 28.9 Å². The number of ketones is 5. The van der Waals surface area contributed by atoms with E-state index in [0.29, 0.717) is 47.2 Å². The first-order valence-electron chi connectivity index (χ1n) is 47.1. The number of hydrogen-bond acceptors (Lipinski definition) is 16. The van der Waals surface area contributed by atoms with Gasteiger partial charge in [0, 0.05) is 122 Å². The van der Waals surface area contributed by atoms with Crippen LogP contribution in [0.25, 0.3) is 0 Å². The molecule has 5 atom stereocenters. The van der Waals surface area contributed by atoms with Crippen LogP contribution in [0.15, 0.2) is 235 Å². The van der Waals surface area contributed by atoms with Gasteiger partial charge in [-0.3, -0.25) is 24.0 Å². The van der Waals surface area contributed by atoms with Gasteiger partial charge in [0.25, 0.3) is 0 Å². The maximum atomic E-state index is 13.6. The summed E-state index contributed by atoms with van der Waals surface area (Å²) in [5.41, 5.74) is 33.9. The summed E-state index contributed by atoms with van der Waals surface area (Å²) in [6.45, 7) is 17.0. The maximum Gasteiger partial charge on any atom is 0.160 e. The number of hydrogen-bond donors (Lipinski definition) is 0. The number of thiazole rings is 5. The second-order valence-corrected chi connectivity index (χ2v) is 44.0. The Morgan fingerprint density at radius 1 is 0.262 bits per heavy atom. The van der Waals surface area contributed by atoms with Crippen molar-refractivity contribution in [2.75, 3.05) is 13.2 Å². The van der Waals surface area contributed by atoms with Gasteiger partial charge in [0.1, 0.15) is 0 Å². The van der Waals surface area contributed by atoms with E-state index in [0.717, 1.165) is 169 Å². The monoisotopic (exact) mass is 1760 g/mol. The molecule has 1 saturated heterocycles. The summed E-state index contributed by atoms with van der Waals surface area (Å²) in [5.74, 6) is 1.93. The highest BCUT2D eigenvalue weighted by molar-refractivity contribution is 7.11. The average molecular weight is 1770 g/mol. The second-order valence-electron chi connectivity index (χ2n) is 39.7. The molecule has 648 valence electrons. The number of Topliss-reactive ketones (excluding diaryl/α,β-unsaturated/α-hetero) is 5. The smallest absolute Gasteiger partial charge is 0.160 e. The summed E-state index contributed by atoms with van der Waals surface area (Å²) in [6.07, 6.45) is 31.2. The van der Waals surface area contributed by atoms with Crippen molar-refractivity contribution in [3.8, 4) is 0 Å². The Hall–Kier alpha value is -8.74. The summed E-state index contributed by atoms with van der Waals surface area (Å²) in [6, 6.07) is 53.2. The van der Waals surface area contributed by atoms with Gasteiger partial charge in [-0.2, -0.15) is 0 Å². The standard InChI is InChI=1S/C23H25NOS.C23H27NOS.C22H23NOS.C21H21NO2S.C21H21NOS/c1-2-23(17-8-4-3-5-9-17)20-16(12-18-21(23)26-15-24-18)13-22(14-19(20)25)10-6-7-11-22;1-4-22(5-2)13-16-12-18-21(26-15-24-18)23(6-3,20(16)19(25)14-22)17-10-8-7-9-11-17;1-2-22(16-7-4-3-5-8-16)19-15(11-17-20(22)25-14-23-17)12-21(9-6-10-21)13-18(19)24;1-2-21(15-6-4-3-5-7-15)18-14(8-16-19(21)25-13-22-16)9-20(10-17(18)23)11-24-12-20;1-2-21(15-6-4-3-5-7-15)18-14(10-16-19(21)24-13-22-16)11-20(8-9-20)12-17(18)23/h3-5,8-9,15H,2,6-7,10-14H2,1H3;7-11,15H,4-6,12-14H2,1-3H3;3-5,7-8,14H,2,6,9-13H2,1H3;3-7,13H,2,8-12H2,1H3;3-7,13H,2,8-12H2,1H3. The first-order chi connectivity index (χ1) is 61.3. The second kappa shape index (κ2) is 33.3. The Kier molecular flexibility index (Phi) is 22.6. The highest BCUT2D eigenvalue weighted by Gasteiger charge is 2.60. The Bertz CT molecular complexity index is 5790. The third kappa shape index (κ3) is 13.6. The number of carbonyl (C=O) groups is 5. The van der Waals surface area contributed by atoms with E-state index in [9.17, 15) is 24.0 Å². The molecule has 11 nitrogen and oxygen atoms in total. The lowest BCUT2D eigenvalue weighted by Gasteiger charge is -2.50. The molecule has 0 N–H and O–H groups in total. The molecule has 10 aromatic rings. The van der Waals surface area contributed by atoms with Crippen molar-refractivity contribution in [1.82, 2.24) is 24.9 Å². The van der Waals surface area contributed by atoms with E-state index in [1.807, 2.05) is 33.6 Å². The molecule has 126 heavy (non-hydrogen) atoms. The van der Waals surface area contributed by atoms with Gasteiger partial charge in [-0.15, -0.1) is 56.7 Å². The van der Waals surface area contributed by atoms with E-state index < -0.39 is 0 Å². The van der Waals surface area contributed by atoms with Gasteiger partial charge in [0.2, 0.25) is 0 Å². The van der Waals surface area contributed by atoms with Crippen LogP contribution in [0.1, 0.15) is 296 Å². The van der Waals surface area contributed by atoms with Crippen LogP contribution in [0.2, 0.25) is 0 Å².